The van der Waals surface area contributed by atoms with Gasteiger partial charge in [-0.05, 0) is 74.6 Å². The second-order valence-electron chi connectivity index (χ2n) is 8.44. The molecule has 0 radical (unpaired) electrons. The van der Waals surface area contributed by atoms with Crippen LogP contribution in [0.2, 0.25) is 0 Å². The monoisotopic (exact) mass is 488 g/mol. The van der Waals surface area contributed by atoms with Crippen molar-refractivity contribution in [3.8, 4) is 11.4 Å². The summed E-state index contributed by atoms with van der Waals surface area (Å²) in [7, 11) is 0. The third kappa shape index (κ3) is 3.61. The van der Waals surface area contributed by atoms with E-state index in [4.69, 9.17) is 14.7 Å². The van der Waals surface area contributed by atoms with Crippen molar-refractivity contribution in [1.29, 1.82) is 0 Å². The molecule has 0 spiro atoms. The Morgan fingerprint density at radius 2 is 2.00 bits per heavy atom. The second kappa shape index (κ2) is 8.60. The quantitative estimate of drug-likeness (QED) is 0.231. The molecule has 0 saturated heterocycles. The third-order valence-corrected chi connectivity index (χ3v) is 8.35. The lowest BCUT2D eigenvalue weighted by Crippen LogP contribution is -2.21. The fourth-order valence-corrected chi connectivity index (χ4v) is 6.82. The number of pyridine rings is 1. The highest BCUT2D eigenvalue weighted by molar-refractivity contribution is 7.98. The summed E-state index contributed by atoms with van der Waals surface area (Å²) in [6, 6.07) is 11.8. The number of ether oxygens (including phenoxy) is 1. The zero-order valence-electron chi connectivity index (χ0n) is 19.1. The molecule has 6 nitrogen and oxygen atoms in total. The molecule has 0 atom stereocenters. The van der Waals surface area contributed by atoms with Crippen molar-refractivity contribution in [3.63, 3.8) is 0 Å². The number of rotatable bonds is 6. The summed E-state index contributed by atoms with van der Waals surface area (Å²) < 4.78 is 9.41. The van der Waals surface area contributed by atoms with Crippen LogP contribution in [-0.2, 0) is 18.6 Å². The minimum Gasteiger partial charge on any atom is -0.494 e. The smallest absolute Gasteiger partial charge is 0.267 e. The first-order valence-corrected chi connectivity index (χ1v) is 13.3. The Kier molecular flexibility index (Phi) is 5.42. The Bertz CT molecular complexity index is 1580. The zero-order chi connectivity index (χ0) is 23.2. The normalized spacial score (nSPS) is 13.1. The van der Waals surface area contributed by atoms with Gasteiger partial charge in [-0.25, -0.2) is 9.97 Å². The molecule has 34 heavy (non-hydrogen) atoms. The molecule has 6 rings (SSSR count). The van der Waals surface area contributed by atoms with E-state index in [0.29, 0.717) is 17.5 Å². The number of thioether (sulfide) groups is 1. The van der Waals surface area contributed by atoms with E-state index in [1.165, 1.54) is 10.4 Å². The van der Waals surface area contributed by atoms with Crippen molar-refractivity contribution < 1.29 is 4.74 Å². The largest absolute Gasteiger partial charge is 0.494 e. The van der Waals surface area contributed by atoms with Gasteiger partial charge in [0.25, 0.3) is 5.56 Å². The lowest BCUT2D eigenvalue weighted by atomic mass is 10.2. The van der Waals surface area contributed by atoms with E-state index in [-0.39, 0.29) is 5.56 Å². The average molecular weight is 489 g/mol. The summed E-state index contributed by atoms with van der Waals surface area (Å²) in [6.07, 6.45) is 7.18. The van der Waals surface area contributed by atoms with Crippen molar-refractivity contribution in [3.05, 3.63) is 80.8 Å². The van der Waals surface area contributed by atoms with E-state index in [9.17, 15) is 4.79 Å². The Morgan fingerprint density at radius 1 is 1.15 bits per heavy atom. The molecule has 0 unspecified atom stereocenters. The summed E-state index contributed by atoms with van der Waals surface area (Å²) in [6.45, 7) is 4.63. The van der Waals surface area contributed by atoms with Gasteiger partial charge in [0, 0.05) is 23.0 Å². The predicted octanol–water partition coefficient (Wildman–Crippen LogP) is 5.58. The molecule has 0 N–H and O–H groups in total. The molecule has 4 aromatic heterocycles. The fraction of sp³-hybridized carbons (Fsp3) is 0.269. The predicted molar refractivity (Wildman–Crippen MR) is 138 cm³/mol. The zero-order valence-corrected chi connectivity index (χ0v) is 20.7. The van der Waals surface area contributed by atoms with Crippen LogP contribution in [0.15, 0.2) is 58.7 Å². The Labute approximate surface area is 205 Å². The first-order valence-electron chi connectivity index (χ1n) is 11.5. The van der Waals surface area contributed by atoms with Crippen molar-refractivity contribution >= 4 is 39.0 Å². The van der Waals surface area contributed by atoms with Crippen LogP contribution in [0, 0.1) is 6.92 Å². The Morgan fingerprint density at radius 3 is 2.79 bits per heavy atom. The van der Waals surface area contributed by atoms with Crippen LogP contribution in [-0.4, -0.2) is 25.5 Å². The topological polar surface area (TPSA) is 61.4 Å². The first-order chi connectivity index (χ1) is 16.6. The number of aromatic nitrogens is 4. The van der Waals surface area contributed by atoms with E-state index in [1.54, 1.807) is 27.7 Å². The molecule has 4 heterocycles. The van der Waals surface area contributed by atoms with E-state index in [0.717, 1.165) is 57.8 Å². The molecule has 5 aromatic rings. The standard InChI is InChI=1S/C26H24N4O2S2/c1-3-32-19-11-9-18(10-12-19)30-25(31)22-20-7-4-8-21(20)34-24(22)28-26(30)33-15-17-14-29-13-5-6-16(2)23(29)27-17/h5-6,9-14H,3-4,7-8,15H2,1-2H3. The molecule has 1 aliphatic rings. The van der Waals surface area contributed by atoms with E-state index >= 15 is 0 Å². The first kappa shape index (κ1) is 21.4. The van der Waals surface area contributed by atoms with Crippen LogP contribution < -0.4 is 10.3 Å². The van der Waals surface area contributed by atoms with Gasteiger partial charge in [0.05, 0.1) is 23.4 Å². The summed E-state index contributed by atoms with van der Waals surface area (Å²) in [4.78, 5) is 25.8. The van der Waals surface area contributed by atoms with Crippen molar-refractivity contribution in [1.82, 2.24) is 18.9 Å². The fourth-order valence-electron chi connectivity index (χ4n) is 4.62. The van der Waals surface area contributed by atoms with Crippen LogP contribution in [0.25, 0.3) is 21.6 Å². The van der Waals surface area contributed by atoms with E-state index < -0.39 is 0 Å². The molecule has 1 aliphatic carbocycles. The number of imidazole rings is 1. The molecule has 0 fully saturated rings. The van der Waals surface area contributed by atoms with Crippen LogP contribution in [0.1, 0.15) is 35.0 Å². The highest BCUT2D eigenvalue weighted by Crippen LogP contribution is 2.36. The maximum Gasteiger partial charge on any atom is 0.267 e. The molecule has 0 aliphatic heterocycles. The van der Waals surface area contributed by atoms with Crippen molar-refractivity contribution in [2.45, 2.75) is 44.0 Å². The van der Waals surface area contributed by atoms with Gasteiger partial charge in [0.2, 0.25) is 0 Å². The number of benzene rings is 1. The molecule has 8 heteroatoms. The number of thiophene rings is 1. The second-order valence-corrected chi connectivity index (χ2v) is 10.5. The van der Waals surface area contributed by atoms with E-state index in [2.05, 4.69) is 13.0 Å². The van der Waals surface area contributed by atoms with Gasteiger partial charge in [0.1, 0.15) is 16.2 Å². The van der Waals surface area contributed by atoms with Crippen LogP contribution in [0.5, 0.6) is 5.75 Å². The minimum atomic E-state index is 0.0157. The molecule has 0 saturated carbocycles. The molecular weight excluding hydrogens is 464 g/mol. The van der Waals surface area contributed by atoms with Gasteiger partial charge >= 0.3 is 0 Å². The van der Waals surface area contributed by atoms with Crippen molar-refractivity contribution in [2.24, 2.45) is 0 Å². The highest BCUT2D eigenvalue weighted by Gasteiger charge is 2.24. The maximum absolute atomic E-state index is 13.8. The molecule has 0 bridgehead atoms. The number of nitrogens with zero attached hydrogens (tertiary/aromatic N) is 4. The van der Waals surface area contributed by atoms with Crippen LogP contribution >= 0.6 is 23.1 Å². The molecule has 172 valence electrons. The summed E-state index contributed by atoms with van der Waals surface area (Å²) >= 11 is 3.23. The summed E-state index contributed by atoms with van der Waals surface area (Å²) in [5.41, 5.74) is 5.07. The van der Waals surface area contributed by atoms with Gasteiger partial charge in [0.15, 0.2) is 5.16 Å². The number of fused-ring (bicyclic) bond motifs is 4. The van der Waals surface area contributed by atoms with Gasteiger partial charge < -0.3 is 9.14 Å². The molecule has 0 amide bonds. The van der Waals surface area contributed by atoms with Gasteiger partial charge in [-0.1, -0.05) is 17.8 Å². The number of hydrogen-bond acceptors (Lipinski definition) is 6. The van der Waals surface area contributed by atoms with Gasteiger partial charge in [-0.3, -0.25) is 9.36 Å². The maximum atomic E-state index is 13.8. The Balaban J connectivity index is 1.44. The molecule has 1 aromatic carbocycles. The van der Waals surface area contributed by atoms with Crippen molar-refractivity contribution in [2.75, 3.05) is 6.61 Å². The number of aryl methyl sites for hydroxylation is 3. The summed E-state index contributed by atoms with van der Waals surface area (Å²) in [5, 5.41) is 1.48. The lowest BCUT2D eigenvalue weighted by molar-refractivity contribution is 0.340. The average Bonchev–Trinajstić information content (AvgIpc) is 3.53. The number of hydrogen-bond donors (Lipinski definition) is 0. The summed E-state index contributed by atoms with van der Waals surface area (Å²) in [5.74, 6) is 1.42. The van der Waals surface area contributed by atoms with E-state index in [1.807, 2.05) is 54.0 Å². The van der Waals surface area contributed by atoms with Gasteiger partial charge in [-0.15, -0.1) is 11.3 Å². The lowest BCUT2D eigenvalue weighted by Gasteiger charge is -2.13. The van der Waals surface area contributed by atoms with Gasteiger partial charge in [-0.2, -0.15) is 0 Å². The molecular formula is C26H24N4O2S2. The SMILES string of the molecule is CCOc1ccc(-n2c(SCc3cn4cccc(C)c4n3)nc3sc4c(c3c2=O)CCC4)cc1. The van der Waals surface area contributed by atoms with Crippen LogP contribution in [0.3, 0.4) is 0 Å². The third-order valence-electron chi connectivity index (χ3n) is 6.19. The Hall–Kier alpha value is -3.10. The minimum absolute atomic E-state index is 0.0157. The van der Waals surface area contributed by atoms with Crippen LogP contribution in [0.4, 0.5) is 0 Å². The highest BCUT2D eigenvalue weighted by atomic mass is 32.2.